The summed E-state index contributed by atoms with van der Waals surface area (Å²) in [5, 5.41) is 8.42. The summed E-state index contributed by atoms with van der Waals surface area (Å²) in [7, 11) is 0. The summed E-state index contributed by atoms with van der Waals surface area (Å²) in [5.41, 5.74) is 16.2. The van der Waals surface area contributed by atoms with Crippen LogP contribution in [-0.2, 0) is 93.9 Å². The lowest BCUT2D eigenvalue weighted by Crippen LogP contribution is -2.33. The van der Waals surface area contributed by atoms with Gasteiger partial charge in [0.2, 0.25) is 18.1 Å². The Hall–Kier alpha value is -9.19. The third-order valence-corrected chi connectivity index (χ3v) is 12.1. The van der Waals surface area contributed by atoms with Crippen molar-refractivity contribution in [2.45, 2.75) is 97.9 Å². The normalized spacial score (nSPS) is 11.1. The van der Waals surface area contributed by atoms with E-state index in [-0.39, 0.29) is 31.6 Å². The second-order valence-electron chi connectivity index (χ2n) is 20.7. The molecule has 19 nitrogen and oxygen atoms in total. The number of alkyl carbamates (subject to hydrolysis) is 1. The number of carbonyl (C=O) groups excluding carboxylic acids is 4. The second kappa shape index (κ2) is 36.0. The van der Waals surface area contributed by atoms with E-state index in [4.69, 9.17) is 24.7 Å². The van der Waals surface area contributed by atoms with Crippen molar-refractivity contribution in [3.05, 3.63) is 239 Å². The number of hydrogen-bond donors (Lipinski definition) is 4. The van der Waals surface area contributed by atoms with Gasteiger partial charge in [-0.2, -0.15) is 13.2 Å². The van der Waals surface area contributed by atoms with Crippen molar-refractivity contribution in [3.8, 4) is 0 Å². The summed E-state index contributed by atoms with van der Waals surface area (Å²) in [6, 6.07) is 46.7. The Bertz CT molecular complexity index is 3180. The molecule has 22 heteroatoms. The first-order valence-corrected chi connectivity index (χ1v) is 28.0. The summed E-state index contributed by atoms with van der Waals surface area (Å²) < 4.78 is 47.7. The highest BCUT2D eigenvalue weighted by atomic mass is 19.4. The van der Waals surface area contributed by atoms with E-state index in [2.05, 4.69) is 55.7 Å². The van der Waals surface area contributed by atoms with E-state index in [9.17, 15) is 27.6 Å². The van der Waals surface area contributed by atoms with E-state index in [1.807, 2.05) is 166 Å². The number of rotatable bonds is 27. The van der Waals surface area contributed by atoms with Gasteiger partial charge in [-0.3, -0.25) is 54.1 Å². The fraction of sp³-hybridized carbons (Fsp3) is 0.292. The van der Waals surface area contributed by atoms with Gasteiger partial charge < -0.3 is 35.9 Å². The molecule has 0 aliphatic rings. The third-order valence-electron chi connectivity index (χ3n) is 12.1. The molecule has 0 radical (unpaired) electrons. The average Bonchev–Trinajstić information content (AvgIpc) is 3.55. The first-order chi connectivity index (χ1) is 41.9. The van der Waals surface area contributed by atoms with E-state index in [1.165, 1.54) is 0 Å². The van der Waals surface area contributed by atoms with Gasteiger partial charge in [-0.1, -0.05) is 60.7 Å². The molecule has 6 aromatic heterocycles. The van der Waals surface area contributed by atoms with E-state index in [0.29, 0.717) is 71.1 Å². The Morgan fingerprint density at radius 2 is 0.839 bits per heavy atom. The molecule has 3 amide bonds. The maximum atomic E-state index is 12.4. The van der Waals surface area contributed by atoms with Crippen molar-refractivity contribution in [3.63, 3.8) is 0 Å². The zero-order valence-corrected chi connectivity index (χ0v) is 48.9. The standard InChI is InChI=1S/C34H40N6O4.C29H32N6O2.C2HF3O/c1-34(2,3)44-33(42)37-19-16-26-10-13-28(14-11-26)39-32(41)25-43-24-27-12-15-31(38-20-27)23-40(21-29-8-4-6-17-35-29)22-30-9-5-7-18-36-30;30-14-13-23-7-10-25(11-8-23)34-29(36)22-37-21-24-9-12-28(33-17-24)20-35(18-26-5-1-3-15-31-26)19-27-6-2-4-16-32-27;3-2(4,5)1-6/h4-15,17-18,20H,16,19,21-25H2,1-3H3,(H,37,42)(H,39,41);1-12,15-17H,13-14,18-22,30H2,(H,34,36);1H. The molecule has 0 bridgehead atoms. The van der Waals surface area contributed by atoms with Crippen molar-refractivity contribution in [1.29, 1.82) is 0 Å². The number of hydrogen-bond acceptors (Lipinski definition) is 16. The zero-order chi connectivity index (χ0) is 62.1. The third kappa shape index (κ3) is 28.0. The van der Waals surface area contributed by atoms with Crippen LogP contribution in [0.15, 0.2) is 183 Å². The smallest absolute Gasteiger partial charge is 0.444 e. The Labute approximate surface area is 505 Å². The van der Waals surface area contributed by atoms with Crippen molar-refractivity contribution in [2.75, 3.05) is 36.9 Å². The minimum atomic E-state index is -4.64. The van der Waals surface area contributed by atoms with Crippen molar-refractivity contribution >= 4 is 35.6 Å². The summed E-state index contributed by atoms with van der Waals surface area (Å²) >= 11 is 0. The maximum absolute atomic E-state index is 12.4. The predicted molar refractivity (Wildman–Crippen MR) is 324 cm³/mol. The van der Waals surface area contributed by atoms with Crippen LogP contribution in [0.2, 0.25) is 0 Å². The Balaban J connectivity index is 0.000000257. The molecular weight excluding hydrogens is 1120 g/mol. The molecule has 0 aliphatic carbocycles. The van der Waals surface area contributed by atoms with Crippen LogP contribution in [0.4, 0.5) is 29.3 Å². The number of alkyl halides is 3. The lowest BCUT2D eigenvalue weighted by Gasteiger charge is -2.21. The van der Waals surface area contributed by atoms with Crippen molar-refractivity contribution in [2.24, 2.45) is 5.73 Å². The van der Waals surface area contributed by atoms with E-state index < -0.39 is 24.2 Å². The molecule has 6 heterocycles. The molecule has 0 atom stereocenters. The van der Waals surface area contributed by atoms with E-state index in [1.54, 1.807) is 37.2 Å². The summed E-state index contributed by atoms with van der Waals surface area (Å²) in [4.78, 5) is 76.7. The van der Waals surface area contributed by atoms with E-state index in [0.717, 1.165) is 68.5 Å². The Morgan fingerprint density at radius 1 is 0.494 bits per heavy atom. The number of amides is 3. The predicted octanol–water partition coefficient (Wildman–Crippen LogP) is 9.77. The Morgan fingerprint density at radius 3 is 1.14 bits per heavy atom. The quantitative estimate of drug-likeness (QED) is 0.0350. The van der Waals surface area contributed by atoms with E-state index >= 15 is 0 Å². The van der Waals surface area contributed by atoms with Gasteiger partial charge in [0.05, 0.1) is 47.4 Å². The highest BCUT2D eigenvalue weighted by molar-refractivity contribution is 5.92. The molecule has 0 saturated carbocycles. The molecule has 0 saturated heterocycles. The van der Waals surface area contributed by atoms with Gasteiger partial charge in [-0.15, -0.1) is 0 Å². The van der Waals surface area contributed by atoms with Crippen LogP contribution in [-0.4, -0.2) is 102 Å². The molecular formula is C65H73F3N12O7. The van der Waals surface area contributed by atoms with Crippen LogP contribution in [0.3, 0.4) is 0 Å². The van der Waals surface area contributed by atoms with Crippen LogP contribution in [0.1, 0.15) is 77.2 Å². The van der Waals surface area contributed by atoms with Gasteiger partial charge in [0.15, 0.2) is 0 Å². The number of nitrogens with two attached hydrogens (primary N) is 1. The summed E-state index contributed by atoms with van der Waals surface area (Å²) in [6.07, 6.45) is 6.11. The lowest BCUT2D eigenvalue weighted by molar-refractivity contribution is -0.156. The van der Waals surface area contributed by atoms with Crippen LogP contribution >= 0.6 is 0 Å². The number of nitrogens with one attached hydrogen (secondary N) is 3. The number of halogens is 3. The van der Waals surface area contributed by atoms with Crippen LogP contribution in [0.5, 0.6) is 0 Å². The minimum absolute atomic E-state index is 0.0335. The highest BCUT2D eigenvalue weighted by Crippen LogP contribution is 2.17. The molecule has 5 N–H and O–H groups in total. The second-order valence-corrected chi connectivity index (χ2v) is 20.7. The molecule has 0 aliphatic heterocycles. The number of aldehydes is 1. The molecule has 8 aromatic rings. The molecule has 2 aromatic carbocycles. The first kappa shape index (κ1) is 66.9. The van der Waals surface area contributed by atoms with Crippen molar-refractivity contribution in [1.82, 2.24) is 45.0 Å². The maximum Gasteiger partial charge on any atom is 0.446 e. The topological polar surface area (TPSA) is 242 Å². The summed E-state index contributed by atoms with van der Waals surface area (Å²) in [6.45, 7) is 11.0. The molecule has 0 spiro atoms. The summed E-state index contributed by atoms with van der Waals surface area (Å²) in [5.74, 6) is -0.440. The van der Waals surface area contributed by atoms with Crippen molar-refractivity contribution < 1.29 is 46.6 Å². The number of pyridine rings is 6. The molecule has 0 unspecified atom stereocenters. The molecule has 8 rings (SSSR count). The number of aromatic nitrogens is 6. The largest absolute Gasteiger partial charge is 0.446 e. The minimum Gasteiger partial charge on any atom is -0.444 e. The van der Waals surface area contributed by atoms with Crippen LogP contribution < -0.4 is 21.7 Å². The number of benzene rings is 2. The van der Waals surface area contributed by atoms with Crippen LogP contribution in [0, 0.1) is 0 Å². The molecule has 456 valence electrons. The number of nitrogens with zero attached hydrogens (tertiary/aromatic N) is 8. The van der Waals surface area contributed by atoms with Gasteiger partial charge in [0, 0.05) is 94.4 Å². The SMILES string of the molecule is CC(C)(C)OC(=O)NCCc1ccc(NC(=O)COCc2ccc(CN(Cc3ccccn3)Cc3ccccn3)nc2)cc1.NCCc1ccc(NC(=O)COCc2ccc(CN(Cc3ccccn3)Cc3ccccn3)nc2)cc1.O=CC(F)(F)F. The van der Waals surface area contributed by atoms with Gasteiger partial charge in [-0.05, 0) is 147 Å². The number of anilines is 2. The zero-order valence-electron chi connectivity index (χ0n) is 48.9. The van der Waals surface area contributed by atoms with Gasteiger partial charge >= 0.3 is 12.3 Å². The first-order valence-electron chi connectivity index (χ1n) is 28.0. The van der Waals surface area contributed by atoms with Gasteiger partial charge in [0.25, 0.3) is 0 Å². The fourth-order valence-electron chi connectivity index (χ4n) is 8.16. The van der Waals surface area contributed by atoms with Crippen LogP contribution in [0.25, 0.3) is 0 Å². The lowest BCUT2D eigenvalue weighted by atomic mass is 10.1. The molecule has 87 heavy (non-hydrogen) atoms. The highest BCUT2D eigenvalue weighted by Gasteiger charge is 2.25. The molecule has 0 fully saturated rings. The monoisotopic (exact) mass is 1190 g/mol. The fourth-order valence-corrected chi connectivity index (χ4v) is 8.16. The van der Waals surface area contributed by atoms with Gasteiger partial charge in [-0.25, -0.2) is 4.79 Å². The Kier molecular flexibility index (Phi) is 27.7. The number of ether oxygens (including phenoxy) is 3. The van der Waals surface area contributed by atoms with Gasteiger partial charge in [0.1, 0.15) is 18.8 Å². The average molecular weight is 1190 g/mol. The number of carbonyl (C=O) groups is 4.